The second kappa shape index (κ2) is 3.77. The maximum Gasteiger partial charge on any atom is 0.152 e. The minimum Gasteiger partial charge on any atom is -0.396 e. The lowest BCUT2D eigenvalue weighted by atomic mass is 10.2. The van der Waals surface area contributed by atoms with Crippen LogP contribution in [0.25, 0.3) is 0 Å². The summed E-state index contributed by atoms with van der Waals surface area (Å²) in [5.74, 6) is 0.929. The van der Waals surface area contributed by atoms with E-state index in [9.17, 15) is 0 Å². The first-order valence-electron chi connectivity index (χ1n) is 4.86. The van der Waals surface area contributed by atoms with Gasteiger partial charge in [-0.3, -0.25) is 0 Å². The maximum atomic E-state index is 5.93. The van der Waals surface area contributed by atoms with Gasteiger partial charge in [0.2, 0.25) is 0 Å². The molecular weight excluding hydrogens is 242 g/mol. The van der Waals surface area contributed by atoms with Gasteiger partial charge in [-0.15, -0.1) is 0 Å². The van der Waals surface area contributed by atoms with Crippen LogP contribution in [0.2, 0.25) is 0 Å². The lowest BCUT2D eigenvalue weighted by Gasteiger charge is -2.23. The molecule has 1 aromatic heterocycles. The molecule has 1 fully saturated rings. The molecule has 1 aliphatic heterocycles. The van der Waals surface area contributed by atoms with Crippen molar-refractivity contribution in [3.8, 4) is 0 Å². The smallest absolute Gasteiger partial charge is 0.152 e. The highest BCUT2D eigenvalue weighted by Gasteiger charge is 2.22. The van der Waals surface area contributed by atoms with Crippen LogP contribution in [0.3, 0.4) is 0 Å². The predicted molar refractivity (Wildman–Crippen MR) is 62.4 cm³/mol. The highest BCUT2D eigenvalue weighted by atomic mass is 79.9. The first kappa shape index (κ1) is 9.77. The van der Waals surface area contributed by atoms with Crippen LogP contribution >= 0.6 is 15.9 Å². The van der Waals surface area contributed by atoms with Gasteiger partial charge in [-0.2, -0.15) is 0 Å². The summed E-state index contributed by atoms with van der Waals surface area (Å²) in [7, 11) is 0. The van der Waals surface area contributed by atoms with Gasteiger partial charge >= 0.3 is 0 Å². The number of aromatic nitrogens is 1. The number of rotatable bonds is 1. The zero-order valence-electron chi connectivity index (χ0n) is 8.20. The molecule has 0 radical (unpaired) electrons. The standard InChI is InChI=1S/C10H14BrN3/c1-7-3-2-4-14(7)10-9(12)5-8(11)6-13-10/h5-7H,2-4,12H2,1H3. The second-order valence-corrected chi connectivity index (χ2v) is 4.67. The normalized spacial score (nSPS) is 21.6. The molecule has 1 aliphatic rings. The number of hydrogen-bond acceptors (Lipinski definition) is 3. The predicted octanol–water partition coefficient (Wildman–Crippen LogP) is 2.42. The Balaban J connectivity index is 2.31. The minimum absolute atomic E-state index is 0.561. The number of nitrogen functional groups attached to an aromatic ring is 1. The van der Waals surface area contributed by atoms with E-state index in [1.54, 1.807) is 6.20 Å². The Labute approximate surface area is 92.4 Å². The molecule has 0 amide bonds. The number of halogens is 1. The van der Waals surface area contributed by atoms with Crippen molar-refractivity contribution in [1.29, 1.82) is 0 Å². The van der Waals surface area contributed by atoms with Crippen LogP contribution in [0, 0.1) is 0 Å². The number of pyridine rings is 1. The first-order valence-corrected chi connectivity index (χ1v) is 5.65. The van der Waals surface area contributed by atoms with Crippen LogP contribution in [0.15, 0.2) is 16.7 Å². The molecule has 76 valence electrons. The Morgan fingerprint density at radius 3 is 3.00 bits per heavy atom. The molecule has 14 heavy (non-hydrogen) atoms. The summed E-state index contributed by atoms with van der Waals surface area (Å²) in [5.41, 5.74) is 6.69. The molecule has 2 heterocycles. The molecular formula is C10H14BrN3. The zero-order valence-corrected chi connectivity index (χ0v) is 9.79. The van der Waals surface area contributed by atoms with E-state index in [-0.39, 0.29) is 0 Å². The Bertz CT molecular complexity index is 340. The molecule has 0 bridgehead atoms. The summed E-state index contributed by atoms with van der Waals surface area (Å²) in [6.07, 6.45) is 4.27. The third-order valence-corrected chi connectivity index (χ3v) is 3.12. The summed E-state index contributed by atoms with van der Waals surface area (Å²) in [5, 5.41) is 0. The second-order valence-electron chi connectivity index (χ2n) is 3.75. The monoisotopic (exact) mass is 255 g/mol. The molecule has 0 aromatic carbocycles. The van der Waals surface area contributed by atoms with E-state index in [0.717, 1.165) is 22.5 Å². The lowest BCUT2D eigenvalue weighted by Crippen LogP contribution is -2.28. The molecule has 1 saturated heterocycles. The average Bonchev–Trinajstić information content (AvgIpc) is 2.52. The van der Waals surface area contributed by atoms with Gasteiger partial charge in [-0.1, -0.05) is 0 Å². The van der Waals surface area contributed by atoms with Gasteiger partial charge in [-0.05, 0) is 41.8 Å². The van der Waals surface area contributed by atoms with Crippen LogP contribution in [0.5, 0.6) is 0 Å². The molecule has 1 unspecified atom stereocenters. The Hall–Kier alpha value is -0.770. The van der Waals surface area contributed by atoms with Crippen LogP contribution in [-0.2, 0) is 0 Å². The van der Waals surface area contributed by atoms with Gasteiger partial charge in [0, 0.05) is 23.3 Å². The highest BCUT2D eigenvalue weighted by Crippen LogP contribution is 2.29. The average molecular weight is 256 g/mol. The van der Waals surface area contributed by atoms with E-state index in [1.165, 1.54) is 12.8 Å². The summed E-state index contributed by atoms with van der Waals surface area (Å²) >= 11 is 3.36. The Morgan fingerprint density at radius 2 is 2.43 bits per heavy atom. The quantitative estimate of drug-likeness (QED) is 0.839. The lowest BCUT2D eigenvalue weighted by molar-refractivity contribution is 0.728. The van der Waals surface area contributed by atoms with Gasteiger partial charge < -0.3 is 10.6 Å². The summed E-state index contributed by atoms with van der Waals surface area (Å²) in [4.78, 5) is 6.64. The first-order chi connectivity index (χ1) is 6.68. The fourth-order valence-corrected chi connectivity index (χ4v) is 2.28. The molecule has 1 aromatic rings. The Morgan fingerprint density at radius 1 is 1.64 bits per heavy atom. The van der Waals surface area contributed by atoms with Gasteiger partial charge in [0.1, 0.15) is 0 Å². The number of nitrogens with two attached hydrogens (primary N) is 1. The van der Waals surface area contributed by atoms with E-state index in [1.807, 2.05) is 6.07 Å². The number of anilines is 2. The van der Waals surface area contributed by atoms with Crippen molar-refractivity contribution in [3.05, 3.63) is 16.7 Å². The fourth-order valence-electron chi connectivity index (χ4n) is 1.94. The van der Waals surface area contributed by atoms with Gasteiger partial charge in [0.25, 0.3) is 0 Å². The van der Waals surface area contributed by atoms with E-state index < -0.39 is 0 Å². The third kappa shape index (κ3) is 1.71. The third-order valence-electron chi connectivity index (χ3n) is 2.69. The molecule has 0 saturated carbocycles. The van der Waals surface area contributed by atoms with Crippen LogP contribution in [0.4, 0.5) is 11.5 Å². The van der Waals surface area contributed by atoms with E-state index in [0.29, 0.717) is 6.04 Å². The van der Waals surface area contributed by atoms with Crippen molar-refractivity contribution in [2.24, 2.45) is 0 Å². The van der Waals surface area contributed by atoms with Crippen LogP contribution in [0.1, 0.15) is 19.8 Å². The molecule has 2 N–H and O–H groups in total. The molecule has 0 spiro atoms. The van der Waals surface area contributed by atoms with Gasteiger partial charge in [-0.25, -0.2) is 4.98 Å². The van der Waals surface area contributed by atoms with Crippen molar-refractivity contribution >= 4 is 27.4 Å². The van der Waals surface area contributed by atoms with E-state index >= 15 is 0 Å². The summed E-state index contributed by atoms with van der Waals surface area (Å²) in [6, 6.07) is 2.47. The van der Waals surface area contributed by atoms with Crippen molar-refractivity contribution in [2.45, 2.75) is 25.8 Å². The summed E-state index contributed by atoms with van der Waals surface area (Å²) in [6.45, 7) is 3.29. The molecule has 3 nitrogen and oxygen atoms in total. The number of hydrogen-bond donors (Lipinski definition) is 1. The molecule has 2 rings (SSSR count). The van der Waals surface area contributed by atoms with E-state index in [4.69, 9.17) is 5.73 Å². The number of nitrogens with zero attached hydrogens (tertiary/aromatic N) is 2. The zero-order chi connectivity index (χ0) is 10.1. The largest absolute Gasteiger partial charge is 0.396 e. The topological polar surface area (TPSA) is 42.2 Å². The van der Waals surface area contributed by atoms with Gasteiger partial charge in [0.15, 0.2) is 5.82 Å². The SMILES string of the molecule is CC1CCCN1c1ncc(Br)cc1N. The molecule has 1 atom stereocenters. The van der Waals surface area contributed by atoms with Crippen molar-refractivity contribution < 1.29 is 0 Å². The van der Waals surface area contributed by atoms with E-state index in [2.05, 4.69) is 32.7 Å². The molecule has 0 aliphatic carbocycles. The Kier molecular flexibility index (Phi) is 2.63. The van der Waals surface area contributed by atoms with Crippen molar-refractivity contribution in [1.82, 2.24) is 4.98 Å². The van der Waals surface area contributed by atoms with Crippen LogP contribution in [-0.4, -0.2) is 17.6 Å². The van der Waals surface area contributed by atoms with Crippen molar-refractivity contribution in [3.63, 3.8) is 0 Å². The maximum absolute atomic E-state index is 5.93. The van der Waals surface area contributed by atoms with Crippen molar-refractivity contribution in [2.75, 3.05) is 17.2 Å². The fraction of sp³-hybridized carbons (Fsp3) is 0.500. The minimum atomic E-state index is 0.561. The van der Waals surface area contributed by atoms with Crippen LogP contribution < -0.4 is 10.6 Å². The highest BCUT2D eigenvalue weighted by molar-refractivity contribution is 9.10. The molecule has 4 heteroatoms. The van der Waals surface area contributed by atoms with Gasteiger partial charge in [0.05, 0.1) is 5.69 Å². The summed E-state index contributed by atoms with van der Waals surface area (Å²) < 4.78 is 0.936.